The van der Waals surface area contributed by atoms with Gasteiger partial charge in [-0.2, -0.15) is 0 Å². The summed E-state index contributed by atoms with van der Waals surface area (Å²) in [7, 11) is 0. The van der Waals surface area contributed by atoms with Gasteiger partial charge in [0.1, 0.15) is 4.34 Å². The van der Waals surface area contributed by atoms with Crippen molar-refractivity contribution in [1.29, 1.82) is 0 Å². The summed E-state index contributed by atoms with van der Waals surface area (Å²) in [6.45, 7) is 0. The van der Waals surface area contributed by atoms with Gasteiger partial charge in [-0.15, -0.1) is 22.7 Å². The first-order valence-corrected chi connectivity index (χ1v) is 8.19. The average molecular weight is 350 g/mol. The number of rotatable bonds is 5. The topological polar surface area (TPSA) is 50.2 Å². The van der Waals surface area contributed by atoms with Gasteiger partial charge in [0.25, 0.3) is 0 Å². The van der Waals surface area contributed by atoms with Gasteiger partial charge in [-0.1, -0.05) is 11.8 Å². The number of carboxylic acid groups (broad SMARTS) is 1. The first kappa shape index (κ1) is 13.1. The van der Waals surface area contributed by atoms with Crippen LogP contribution in [-0.2, 0) is 17.0 Å². The molecule has 7 heteroatoms. The lowest BCUT2D eigenvalue weighted by Gasteiger charge is -1.93. The van der Waals surface area contributed by atoms with Crippen LogP contribution in [0.4, 0.5) is 0 Å². The highest BCUT2D eigenvalue weighted by Gasteiger charge is 2.07. The summed E-state index contributed by atoms with van der Waals surface area (Å²) in [4.78, 5) is 14.8. The maximum atomic E-state index is 10.5. The zero-order valence-electron chi connectivity index (χ0n) is 8.55. The highest BCUT2D eigenvalue weighted by Crippen LogP contribution is 2.29. The molecule has 2 heterocycles. The first-order chi connectivity index (χ1) is 8.13. The number of carbonyl (C=O) groups is 1. The number of hydrogen-bond donors (Lipinski definition) is 1. The van der Waals surface area contributed by atoms with Crippen LogP contribution in [0.25, 0.3) is 0 Å². The average Bonchev–Trinajstić information content (AvgIpc) is 2.84. The molecule has 2 aromatic rings. The summed E-state index contributed by atoms with van der Waals surface area (Å²) < 4.78 is 2.04. The van der Waals surface area contributed by atoms with Crippen LogP contribution in [0.2, 0.25) is 0 Å². The Morgan fingerprint density at radius 1 is 1.47 bits per heavy atom. The lowest BCUT2D eigenvalue weighted by atomic mass is 10.3. The van der Waals surface area contributed by atoms with Crippen LogP contribution in [0.5, 0.6) is 0 Å². The van der Waals surface area contributed by atoms with Crippen LogP contribution in [0.3, 0.4) is 0 Å². The van der Waals surface area contributed by atoms with E-state index in [0.29, 0.717) is 5.69 Å². The first-order valence-electron chi connectivity index (χ1n) is 4.65. The van der Waals surface area contributed by atoms with Gasteiger partial charge in [0, 0.05) is 11.1 Å². The predicted octanol–water partition coefficient (Wildman–Crippen LogP) is 3.89. The fourth-order valence-electron chi connectivity index (χ4n) is 1.16. The van der Waals surface area contributed by atoms with Crippen molar-refractivity contribution >= 4 is 56.3 Å². The predicted molar refractivity (Wildman–Crippen MR) is 75.0 cm³/mol. The maximum Gasteiger partial charge on any atom is 0.309 e. The molecule has 0 bridgehead atoms. The van der Waals surface area contributed by atoms with Crippen LogP contribution < -0.4 is 0 Å². The Bertz CT molecular complexity index is 523. The molecular weight excluding hydrogens is 342 g/mol. The highest BCUT2D eigenvalue weighted by atomic mass is 79.9. The van der Waals surface area contributed by atoms with Crippen LogP contribution in [0.15, 0.2) is 25.0 Å². The van der Waals surface area contributed by atoms with Gasteiger partial charge in [-0.3, -0.25) is 4.79 Å². The Labute approximate surface area is 119 Å². The Balaban J connectivity index is 1.91. The van der Waals surface area contributed by atoms with Crippen molar-refractivity contribution in [2.75, 3.05) is 0 Å². The van der Waals surface area contributed by atoms with E-state index in [-0.39, 0.29) is 6.42 Å². The molecule has 3 nitrogen and oxygen atoms in total. The number of aliphatic carboxylic acids is 1. The number of thiazole rings is 1. The van der Waals surface area contributed by atoms with Crippen molar-refractivity contribution in [2.45, 2.75) is 16.5 Å². The van der Waals surface area contributed by atoms with Crippen LogP contribution in [-0.4, -0.2) is 16.1 Å². The van der Waals surface area contributed by atoms with Crippen molar-refractivity contribution in [2.24, 2.45) is 0 Å². The van der Waals surface area contributed by atoms with Gasteiger partial charge < -0.3 is 5.11 Å². The second-order valence-electron chi connectivity index (χ2n) is 3.22. The van der Waals surface area contributed by atoms with Crippen molar-refractivity contribution < 1.29 is 9.90 Å². The zero-order valence-corrected chi connectivity index (χ0v) is 12.6. The van der Waals surface area contributed by atoms with E-state index in [1.54, 1.807) is 28.5 Å². The largest absolute Gasteiger partial charge is 0.481 e. The molecule has 0 saturated carbocycles. The van der Waals surface area contributed by atoms with E-state index in [1.165, 1.54) is 16.9 Å². The number of hydrogen-bond acceptors (Lipinski definition) is 5. The van der Waals surface area contributed by atoms with Crippen molar-refractivity contribution in [3.8, 4) is 0 Å². The molecule has 0 aliphatic carbocycles. The van der Waals surface area contributed by atoms with E-state index in [9.17, 15) is 4.79 Å². The van der Waals surface area contributed by atoms with Crippen molar-refractivity contribution in [1.82, 2.24) is 4.98 Å². The third kappa shape index (κ3) is 4.09. The highest BCUT2D eigenvalue weighted by molar-refractivity contribution is 9.11. The van der Waals surface area contributed by atoms with E-state index in [2.05, 4.69) is 32.4 Å². The van der Waals surface area contributed by atoms with Gasteiger partial charge in [-0.05, 0) is 32.9 Å². The molecule has 0 saturated heterocycles. The fourth-order valence-corrected chi connectivity index (χ4v) is 4.25. The second kappa shape index (κ2) is 5.99. The summed E-state index contributed by atoms with van der Waals surface area (Å²) in [5, 5.41) is 12.5. The molecular formula is C10H8BrNO2S3. The summed E-state index contributed by atoms with van der Waals surface area (Å²) in [6.07, 6.45) is 0.00105. The molecule has 0 aromatic carbocycles. The molecule has 90 valence electrons. The Hall–Kier alpha value is -0.370. The normalized spacial score (nSPS) is 10.6. The quantitative estimate of drug-likeness (QED) is 0.832. The van der Waals surface area contributed by atoms with Gasteiger partial charge in [0.05, 0.1) is 15.9 Å². The smallest absolute Gasteiger partial charge is 0.309 e. The summed E-state index contributed by atoms with van der Waals surface area (Å²) in [5.41, 5.74) is 1.89. The van der Waals surface area contributed by atoms with Crippen LogP contribution in [0, 0.1) is 0 Å². The van der Waals surface area contributed by atoms with E-state index < -0.39 is 5.97 Å². The third-order valence-electron chi connectivity index (χ3n) is 1.85. The molecule has 17 heavy (non-hydrogen) atoms. The van der Waals surface area contributed by atoms with Crippen LogP contribution >= 0.6 is 50.4 Å². The summed E-state index contributed by atoms with van der Waals surface area (Å²) in [5.74, 6) is 0.0240. The number of thiophene rings is 1. The molecule has 2 aromatic heterocycles. The second-order valence-corrected chi connectivity index (χ2v) is 7.59. The van der Waals surface area contributed by atoms with E-state index in [0.717, 1.165) is 13.9 Å². The fraction of sp³-hybridized carbons (Fsp3) is 0.200. The molecule has 0 amide bonds. The monoisotopic (exact) mass is 349 g/mol. The number of carboxylic acids is 1. The minimum atomic E-state index is -0.839. The van der Waals surface area contributed by atoms with E-state index >= 15 is 0 Å². The maximum absolute atomic E-state index is 10.5. The molecule has 0 unspecified atom stereocenters. The molecule has 0 radical (unpaired) electrons. The molecule has 0 aliphatic rings. The molecule has 0 atom stereocenters. The molecule has 1 N–H and O–H groups in total. The number of aromatic nitrogens is 1. The summed E-state index contributed by atoms with van der Waals surface area (Å²) >= 11 is 8.22. The lowest BCUT2D eigenvalue weighted by Crippen LogP contribution is -1.99. The van der Waals surface area contributed by atoms with E-state index in [1.807, 2.05) is 0 Å². The number of thioether (sulfide) groups is 1. The Morgan fingerprint density at radius 2 is 2.29 bits per heavy atom. The Kier molecular flexibility index (Phi) is 4.61. The van der Waals surface area contributed by atoms with Crippen molar-refractivity contribution in [3.63, 3.8) is 0 Å². The minimum absolute atomic E-state index is 0.00105. The molecule has 0 aliphatic heterocycles. The minimum Gasteiger partial charge on any atom is -0.481 e. The van der Waals surface area contributed by atoms with Gasteiger partial charge >= 0.3 is 5.97 Å². The zero-order chi connectivity index (χ0) is 12.3. The number of halogens is 1. The van der Waals surface area contributed by atoms with Gasteiger partial charge in [-0.25, -0.2) is 4.98 Å². The number of nitrogens with zero attached hydrogens (tertiary/aromatic N) is 1. The Morgan fingerprint density at radius 3 is 2.94 bits per heavy atom. The molecule has 0 spiro atoms. The van der Waals surface area contributed by atoms with E-state index in [4.69, 9.17) is 5.11 Å². The lowest BCUT2D eigenvalue weighted by molar-refractivity contribution is -0.136. The van der Waals surface area contributed by atoms with Gasteiger partial charge in [0.15, 0.2) is 0 Å². The van der Waals surface area contributed by atoms with Crippen LogP contribution in [0.1, 0.15) is 11.3 Å². The van der Waals surface area contributed by atoms with Crippen molar-refractivity contribution in [3.05, 3.63) is 31.9 Å². The van der Waals surface area contributed by atoms with Gasteiger partial charge in [0.2, 0.25) is 0 Å². The molecule has 0 fully saturated rings. The SMILES string of the molecule is O=C(O)Cc1csc(SCc2csc(Br)c2)n1. The third-order valence-corrected chi connectivity index (χ3v) is 5.54. The standard InChI is InChI=1S/C10H8BrNO2S3/c11-8-1-6(3-15-8)4-16-10-12-7(5-17-10)2-9(13)14/h1,3,5H,2,4H2,(H,13,14). The molecule has 2 rings (SSSR count). The summed E-state index contributed by atoms with van der Waals surface area (Å²) in [6, 6.07) is 2.09.